The minimum absolute atomic E-state index is 0.00285. The zero-order chi connectivity index (χ0) is 21.5. The van der Waals surface area contributed by atoms with Crippen molar-refractivity contribution >= 4 is 17.3 Å². The van der Waals surface area contributed by atoms with Crippen LogP contribution in [0.25, 0.3) is 0 Å². The summed E-state index contributed by atoms with van der Waals surface area (Å²) in [5, 5.41) is 14.3. The molecule has 0 aliphatic carbocycles. The van der Waals surface area contributed by atoms with Crippen molar-refractivity contribution in [1.29, 1.82) is 0 Å². The van der Waals surface area contributed by atoms with Crippen LogP contribution >= 0.6 is 0 Å². The number of likely N-dealkylation sites (N-methyl/N-ethyl adjacent to an activating group) is 1. The number of nitro benzene ring substituents is 1. The zero-order valence-electron chi connectivity index (χ0n) is 17.5. The van der Waals surface area contributed by atoms with Crippen molar-refractivity contribution in [2.75, 3.05) is 58.3 Å². The fourth-order valence-corrected chi connectivity index (χ4v) is 3.78. The molecule has 1 aliphatic rings. The van der Waals surface area contributed by atoms with Gasteiger partial charge in [-0.05, 0) is 25.7 Å². The lowest BCUT2D eigenvalue weighted by atomic mass is 10.1. The van der Waals surface area contributed by atoms with Gasteiger partial charge in [-0.3, -0.25) is 19.8 Å². The van der Waals surface area contributed by atoms with E-state index in [9.17, 15) is 14.9 Å². The summed E-state index contributed by atoms with van der Waals surface area (Å²) >= 11 is 0. The highest BCUT2D eigenvalue weighted by Gasteiger charge is 2.24. The summed E-state index contributed by atoms with van der Waals surface area (Å²) in [7, 11) is 4.01. The largest absolute Gasteiger partial charge is 0.363 e. The zero-order valence-corrected chi connectivity index (χ0v) is 17.5. The van der Waals surface area contributed by atoms with Gasteiger partial charge >= 0.3 is 0 Å². The van der Waals surface area contributed by atoms with Crippen LogP contribution in [0.5, 0.6) is 0 Å². The summed E-state index contributed by atoms with van der Waals surface area (Å²) in [5.74, 6) is -0.00285. The van der Waals surface area contributed by atoms with Crippen molar-refractivity contribution < 1.29 is 9.72 Å². The molecule has 1 fully saturated rings. The Balaban J connectivity index is 1.49. The molecule has 1 saturated heterocycles. The van der Waals surface area contributed by atoms with Crippen LogP contribution in [0.15, 0.2) is 54.6 Å². The number of carbonyl (C=O) groups excluding carboxylic acids is 1. The highest BCUT2D eigenvalue weighted by Crippen LogP contribution is 2.28. The summed E-state index contributed by atoms with van der Waals surface area (Å²) in [6, 6.07) is 17.1. The Labute approximate surface area is 177 Å². The molecule has 0 aromatic heterocycles. The Morgan fingerprint density at radius 3 is 2.33 bits per heavy atom. The minimum Gasteiger partial charge on any atom is -0.363 e. The molecule has 160 valence electrons. The lowest BCUT2D eigenvalue weighted by Crippen LogP contribution is -2.50. The predicted octanol–water partition coefficient (Wildman–Crippen LogP) is 2.14. The van der Waals surface area contributed by atoms with Crippen LogP contribution in [-0.2, 0) is 4.79 Å². The number of hydrogen-bond acceptors (Lipinski definition) is 6. The van der Waals surface area contributed by atoms with E-state index >= 15 is 0 Å². The Kier molecular flexibility index (Phi) is 7.37. The van der Waals surface area contributed by atoms with Crippen molar-refractivity contribution in [1.82, 2.24) is 15.1 Å². The van der Waals surface area contributed by atoms with E-state index in [1.807, 2.05) is 43.3 Å². The summed E-state index contributed by atoms with van der Waals surface area (Å²) in [5.41, 5.74) is 1.93. The quantitative estimate of drug-likeness (QED) is 0.529. The van der Waals surface area contributed by atoms with Crippen LogP contribution in [0.1, 0.15) is 11.6 Å². The first kappa shape index (κ1) is 21.7. The second-order valence-corrected chi connectivity index (χ2v) is 7.70. The minimum atomic E-state index is -0.344. The molecule has 1 amide bonds. The van der Waals surface area contributed by atoms with Gasteiger partial charge in [0.25, 0.3) is 5.69 Å². The van der Waals surface area contributed by atoms with Crippen LogP contribution in [-0.4, -0.2) is 74.0 Å². The van der Waals surface area contributed by atoms with Gasteiger partial charge in [0.15, 0.2) is 0 Å². The molecule has 8 nitrogen and oxygen atoms in total. The molecule has 2 aromatic carbocycles. The van der Waals surface area contributed by atoms with Crippen molar-refractivity contribution in [3.05, 3.63) is 70.3 Å². The number of para-hydroxylation sites is 2. The summed E-state index contributed by atoms with van der Waals surface area (Å²) in [6.45, 7) is 3.57. The van der Waals surface area contributed by atoms with Gasteiger partial charge in [-0.2, -0.15) is 0 Å². The van der Waals surface area contributed by atoms with E-state index in [1.54, 1.807) is 12.1 Å². The lowest BCUT2D eigenvalue weighted by Gasteiger charge is -2.35. The van der Waals surface area contributed by atoms with E-state index in [0.29, 0.717) is 45.0 Å². The monoisotopic (exact) mass is 411 g/mol. The summed E-state index contributed by atoms with van der Waals surface area (Å²) < 4.78 is 0. The molecule has 1 N–H and O–H groups in total. The van der Waals surface area contributed by atoms with Crippen molar-refractivity contribution in [3.63, 3.8) is 0 Å². The van der Waals surface area contributed by atoms with Crippen LogP contribution in [0, 0.1) is 10.1 Å². The van der Waals surface area contributed by atoms with Crippen molar-refractivity contribution in [2.45, 2.75) is 6.04 Å². The van der Waals surface area contributed by atoms with Gasteiger partial charge < -0.3 is 15.1 Å². The Hall–Kier alpha value is -2.97. The Bertz CT molecular complexity index is 851. The molecule has 0 radical (unpaired) electrons. The number of anilines is 1. The number of benzene rings is 2. The number of amides is 1. The SMILES string of the molecule is CN(C)C(CNC(=O)CN1CCN(c2ccccc2[N+](=O)[O-])CC1)c1ccccc1. The van der Waals surface area contributed by atoms with Crippen LogP contribution in [0.4, 0.5) is 11.4 Å². The smallest absolute Gasteiger partial charge is 0.292 e. The van der Waals surface area contributed by atoms with Gasteiger partial charge in [-0.15, -0.1) is 0 Å². The topological polar surface area (TPSA) is 82.0 Å². The molecule has 8 heteroatoms. The van der Waals surface area contributed by atoms with E-state index in [1.165, 1.54) is 11.6 Å². The van der Waals surface area contributed by atoms with E-state index in [2.05, 4.69) is 27.2 Å². The van der Waals surface area contributed by atoms with Crippen LogP contribution in [0.2, 0.25) is 0 Å². The number of carbonyl (C=O) groups is 1. The fourth-order valence-electron chi connectivity index (χ4n) is 3.78. The number of rotatable bonds is 8. The first-order valence-corrected chi connectivity index (χ1v) is 10.1. The Morgan fingerprint density at radius 1 is 1.07 bits per heavy atom. The van der Waals surface area contributed by atoms with Gasteiger partial charge in [0, 0.05) is 38.8 Å². The van der Waals surface area contributed by atoms with E-state index in [4.69, 9.17) is 0 Å². The molecule has 0 bridgehead atoms. The number of hydrogen-bond donors (Lipinski definition) is 1. The maximum atomic E-state index is 12.5. The van der Waals surface area contributed by atoms with E-state index < -0.39 is 0 Å². The van der Waals surface area contributed by atoms with Gasteiger partial charge in [0.2, 0.25) is 5.91 Å². The second kappa shape index (κ2) is 10.2. The number of nitrogens with zero attached hydrogens (tertiary/aromatic N) is 4. The van der Waals surface area contributed by atoms with Gasteiger partial charge in [0.05, 0.1) is 17.5 Å². The van der Waals surface area contributed by atoms with Gasteiger partial charge in [0.1, 0.15) is 5.69 Å². The highest BCUT2D eigenvalue weighted by atomic mass is 16.6. The number of nitro groups is 1. The average Bonchev–Trinajstić information content (AvgIpc) is 2.75. The van der Waals surface area contributed by atoms with E-state index in [0.717, 1.165) is 0 Å². The molecule has 0 saturated carbocycles. The third-order valence-corrected chi connectivity index (χ3v) is 5.46. The summed E-state index contributed by atoms with van der Waals surface area (Å²) in [4.78, 5) is 29.6. The lowest BCUT2D eigenvalue weighted by molar-refractivity contribution is -0.384. The molecule has 30 heavy (non-hydrogen) atoms. The first-order chi connectivity index (χ1) is 14.5. The normalized spacial score (nSPS) is 15.8. The van der Waals surface area contributed by atoms with Crippen molar-refractivity contribution in [3.8, 4) is 0 Å². The molecular weight excluding hydrogens is 382 g/mol. The number of nitrogens with one attached hydrogen (secondary N) is 1. The molecule has 1 aliphatic heterocycles. The molecule has 3 rings (SSSR count). The number of piperazine rings is 1. The third kappa shape index (κ3) is 5.55. The van der Waals surface area contributed by atoms with Gasteiger partial charge in [-0.25, -0.2) is 0 Å². The molecule has 0 spiro atoms. The van der Waals surface area contributed by atoms with Crippen LogP contribution < -0.4 is 10.2 Å². The van der Waals surface area contributed by atoms with Crippen LogP contribution in [0.3, 0.4) is 0 Å². The van der Waals surface area contributed by atoms with Crippen molar-refractivity contribution in [2.24, 2.45) is 0 Å². The standard InChI is InChI=1S/C22H29N5O3/c1-24(2)21(18-8-4-3-5-9-18)16-23-22(28)17-25-12-14-26(15-13-25)19-10-6-7-11-20(19)27(29)30/h3-11,21H,12-17H2,1-2H3,(H,23,28). The van der Waals surface area contributed by atoms with Gasteiger partial charge in [-0.1, -0.05) is 42.5 Å². The Morgan fingerprint density at radius 2 is 1.70 bits per heavy atom. The highest BCUT2D eigenvalue weighted by molar-refractivity contribution is 5.78. The maximum absolute atomic E-state index is 12.5. The molecular formula is C22H29N5O3. The molecule has 1 atom stereocenters. The maximum Gasteiger partial charge on any atom is 0.292 e. The molecule has 1 heterocycles. The summed E-state index contributed by atoms with van der Waals surface area (Å²) in [6.07, 6.45) is 0. The third-order valence-electron chi connectivity index (χ3n) is 5.46. The fraction of sp³-hybridized carbons (Fsp3) is 0.409. The average molecular weight is 412 g/mol. The second-order valence-electron chi connectivity index (χ2n) is 7.70. The molecule has 1 unspecified atom stereocenters. The molecule has 2 aromatic rings. The van der Waals surface area contributed by atoms with E-state index in [-0.39, 0.29) is 22.6 Å². The first-order valence-electron chi connectivity index (χ1n) is 10.1. The predicted molar refractivity (Wildman–Crippen MR) is 118 cm³/mol.